The zero-order chi connectivity index (χ0) is 14.1. The average Bonchev–Trinajstić information content (AvgIpc) is 2.81. The van der Waals surface area contributed by atoms with Crippen LogP contribution >= 0.6 is 0 Å². The molecule has 100 valence electrons. The first kappa shape index (κ1) is 12.5. The second-order valence-electron chi connectivity index (χ2n) is 4.99. The van der Waals surface area contributed by atoms with Gasteiger partial charge in [-0.05, 0) is 30.5 Å². The molecule has 0 aliphatic rings. The van der Waals surface area contributed by atoms with Gasteiger partial charge in [-0.1, -0.05) is 48.5 Å². The Kier molecular flexibility index (Phi) is 3.03. The molecule has 0 aliphatic carbocycles. The van der Waals surface area contributed by atoms with Gasteiger partial charge >= 0.3 is 0 Å². The van der Waals surface area contributed by atoms with Crippen LogP contribution in [0.4, 0.5) is 5.82 Å². The Morgan fingerprint density at radius 3 is 2.15 bits per heavy atom. The molecule has 3 N–H and O–H groups in total. The van der Waals surface area contributed by atoms with Crippen LogP contribution in [0.3, 0.4) is 0 Å². The molecular formula is C17H17N3. The van der Waals surface area contributed by atoms with E-state index >= 15 is 0 Å². The highest BCUT2D eigenvalue weighted by Crippen LogP contribution is 2.37. The highest BCUT2D eigenvalue weighted by Gasteiger charge is 2.17. The highest BCUT2D eigenvalue weighted by atomic mass is 15.2. The summed E-state index contributed by atoms with van der Waals surface area (Å²) in [5.41, 5.74) is 12.7. The smallest absolute Gasteiger partial charge is 0.153 e. The summed E-state index contributed by atoms with van der Waals surface area (Å²) in [4.78, 5) is 0. The molecular weight excluding hydrogens is 246 g/mol. The molecule has 3 rings (SSSR count). The van der Waals surface area contributed by atoms with Crippen molar-refractivity contribution in [2.75, 3.05) is 5.73 Å². The van der Waals surface area contributed by atoms with Gasteiger partial charge in [0.1, 0.15) is 0 Å². The normalized spacial score (nSPS) is 10.7. The molecule has 0 aliphatic heterocycles. The van der Waals surface area contributed by atoms with E-state index in [-0.39, 0.29) is 0 Å². The Labute approximate surface area is 118 Å². The zero-order valence-electron chi connectivity index (χ0n) is 11.6. The second kappa shape index (κ2) is 4.85. The van der Waals surface area contributed by atoms with Crippen LogP contribution in [0.1, 0.15) is 11.1 Å². The molecule has 0 spiro atoms. The fourth-order valence-electron chi connectivity index (χ4n) is 2.64. The number of hydrogen-bond donors (Lipinski definition) is 2. The van der Waals surface area contributed by atoms with Gasteiger partial charge in [-0.2, -0.15) is 5.10 Å². The largest absolute Gasteiger partial charge is 0.382 e. The van der Waals surface area contributed by atoms with Gasteiger partial charge in [0.25, 0.3) is 0 Å². The Morgan fingerprint density at radius 2 is 1.50 bits per heavy atom. The molecule has 1 aromatic heterocycles. The van der Waals surface area contributed by atoms with Gasteiger partial charge in [0.2, 0.25) is 0 Å². The summed E-state index contributed by atoms with van der Waals surface area (Å²) in [7, 11) is 0. The molecule has 2 aromatic carbocycles. The monoisotopic (exact) mass is 263 g/mol. The lowest BCUT2D eigenvalue weighted by Crippen LogP contribution is -1.92. The van der Waals surface area contributed by atoms with Gasteiger partial charge in [-0.3, -0.25) is 5.10 Å². The van der Waals surface area contributed by atoms with Gasteiger partial charge in [0.15, 0.2) is 5.82 Å². The lowest BCUT2D eigenvalue weighted by molar-refractivity contribution is 1.10. The first-order valence-electron chi connectivity index (χ1n) is 6.64. The maximum atomic E-state index is 6.07. The molecule has 0 bridgehead atoms. The van der Waals surface area contributed by atoms with E-state index in [0.29, 0.717) is 5.82 Å². The standard InChI is InChI=1S/C17H17N3/c1-11-7-6-8-12(2)14(11)16-15(17(18)20-19-16)13-9-4-3-5-10-13/h3-10H,1-2H3,(H3,18,19,20). The predicted octanol–water partition coefficient (Wildman–Crippen LogP) is 3.94. The summed E-state index contributed by atoms with van der Waals surface area (Å²) in [5, 5.41) is 7.30. The summed E-state index contributed by atoms with van der Waals surface area (Å²) in [5.74, 6) is 0.536. The van der Waals surface area contributed by atoms with Gasteiger partial charge in [-0.25, -0.2) is 0 Å². The molecule has 20 heavy (non-hydrogen) atoms. The van der Waals surface area contributed by atoms with E-state index in [4.69, 9.17) is 5.73 Å². The molecule has 1 heterocycles. The number of nitrogen functional groups attached to an aromatic ring is 1. The fraction of sp³-hybridized carbons (Fsp3) is 0.118. The first-order valence-corrected chi connectivity index (χ1v) is 6.64. The Bertz CT molecular complexity index is 722. The Balaban J connectivity index is 2.27. The number of aromatic amines is 1. The van der Waals surface area contributed by atoms with Crippen molar-refractivity contribution in [2.45, 2.75) is 13.8 Å². The molecule has 0 fully saturated rings. The number of aryl methyl sites for hydroxylation is 2. The number of hydrogen-bond acceptors (Lipinski definition) is 2. The number of nitrogens with zero attached hydrogens (tertiary/aromatic N) is 1. The zero-order valence-corrected chi connectivity index (χ0v) is 11.6. The first-order chi connectivity index (χ1) is 9.68. The van der Waals surface area contributed by atoms with Gasteiger partial charge in [0, 0.05) is 5.56 Å². The summed E-state index contributed by atoms with van der Waals surface area (Å²) in [6.45, 7) is 4.21. The van der Waals surface area contributed by atoms with E-state index in [9.17, 15) is 0 Å². The van der Waals surface area contributed by atoms with E-state index in [1.165, 1.54) is 16.7 Å². The number of rotatable bonds is 2. The molecule has 3 aromatic rings. The number of nitrogens with one attached hydrogen (secondary N) is 1. The minimum Gasteiger partial charge on any atom is -0.382 e. The Hall–Kier alpha value is -2.55. The number of H-pyrrole nitrogens is 1. The van der Waals surface area contributed by atoms with Gasteiger partial charge in [-0.15, -0.1) is 0 Å². The summed E-state index contributed by atoms with van der Waals surface area (Å²) in [6.07, 6.45) is 0. The van der Waals surface area contributed by atoms with Crippen LogP contribution in [-0.2, 0) is 0 Å². The third kappa shape index (κ3) is 1.97. The summed E-state index contributed by atoms with van der Waals surface area (Å²) in [6, 6.07) is 16.4. The Morgan fingerprint density at radius 1 is 0.850 bits per heavy atom. The number of anilines is 1. The van der Waals surface area contributed by atoms with Gasteiger partial charge in [0.05, 0.1) is 11.3 Å². The number of benzene rings is 2. The SMILES string of the molecule is Cc1cccc(C)c1-c1[nH]nc(N)c1-c1ccccc1. The fourth-order valence-corrected chi connectivity index (χ4v) is 2.64. The van der Waals surface area contributed by atoms with Crippen LogP contribution in [0.5, 0.6) is 0 Å². The summed E-state index contributed by atoms with van der Waals surface area (Å²) >= 11 is 0. The van der Waals surface area contributed by atoms with Crippen molar-refractivity contribution in [3.05, 3.63) is 59.7 Å². The van der Waals surface area contributed by atoms with Crippen LogP contribution in [0.15, 0.2) is 48.5 Å². The minimum absolute atomic E-state index is 0.536. The van der Waals surface area contributed by atoms with Crippen LogP contribution in [-0.4, -0.2) is 10.2 Å². The van der Waals surface area contributed by atoms with Crippen LogP contribution in [0.25, 0.3) is 22.4 Å². The summed E-state index contributed by atoms with van der Waals surface area (Å²) < 4.78 is 0. The lowest BCUT2D eigenvalue weighted by atomic mass is 9.94. The lowest BCUT2D eigenvalue weighted by Gasteiger charge is -2.10. The molecule has 0 radical (unpaired) electrons. The van der Waals surface area contributed by atoms with Crippen molar-refractivity contribution >= 4 is 5.82 Å². The third-order valence-corrected chi connectivity index (χ3v) is 3.59. The second-order valence-corrected chi connectivity index (χ2v) is 4.99. The predicted molar refractivity (Wildman–Crippen MR) is 83.3 cm³/mol. The maximum Gasteiger partial charge on any atom is 0.153 e. The quantitative estimate of drug-likeness (QED) is 0.735. The van der Waals surface area contributed by atoms with Crippen molar-refractivity contribution in [3.63, 3.8) is 0 Å². The third-order valence-electron chi connectivity index (χ3n) is 3.59. The van der Waals surface area contributed by atoms with E-state index in [2.05, 4.69) is 54.4 Å². The molecule has 0 atom stereocenters. The molecule has 3 nitrogen and oxygen atoms in total. The van der Waals surface area contributed by atoms with Crippen LogP contribution in [0.2, 0.25) is 0 Å². The number of aromatic nitrogens is 2. The topological polar surface area (TPSA) is 54.7 Å². The molecule has 0 amide bonds. The minimum atomic E-state index is 0.536. The molecule has 0 unspecified atom stereocenters. The van der Waals surface area contributed by atoms with Crippen LogP contribution in [0, 0.1) is 13.8 Å². The van der Waals surface area contributed by atoms with E-state index in [1.807, 2.05) is 18.2 Å². The maximum absolute atomic E-state index is 6.07. The van der Waals surface area contributed by atoms with Gasteiger partial charge < -0.3 is 5.73 Å². The van der Waals surface area contributed by atoms with E-state index in [1.54, 1.807) is 0 Å². The van der Waals surface area contributed by atoms with Crippen LogP contribution < -0.4 is 5.73 Å². The van der Waals surface area contributed by atoms with Crippen molar-refractivity contribution < 1.29 is 0 Å². The van der Waals surface area contributed by atoms with Crippen molar-refractivity contribution in [1.29, 1.82) is 0 Å². The highest BCUT2D eigenvalue weighted by molar-refractivity contribution is 5.89. The van der Waals surface area contributed by atoms with Crippen molar-refractivity contribution in [1.82, 2.24) is 10.2 Å². The van der Waals surface area contributed by atoms with Crippen molar-refractivity contribution in [3.8, 4) is 22.4 Å². The molecule has 3 heteroatoms. The van der Waals surface area contributed by atoms with E-state index < -0.39 is 0 Å². The van der Waals surface area contributed by atoms with Crippen molar-refractivity contribution in [2.24, 2.45) is 0 Å². The number of nitrogens with two attached hydrogens (primary N) is 1. The molecule has 0 saturated carbocycles. The molecule has 0 saturated heterocycles. The van der Waals surface area contributed by atoms with E-state index in [0.717, 1.165) is 16.8 Å². The average molecular weight is 263 g/mol.